The first-order chi connectivity index (χ1) is 8.08. The van der Waals surface area contributed by atoms with Crippen molar-refractivity contribution in [2.45, 2.75) is 11.4 Å². The SMILES string of the molecule is O=S(=O)(NCc1cccc(Br)c1)c1cn[nH]c1. The highest BCUT2D eigenvalue weighted by atomic mass is 79.9. The Balaban J connectivity index is 2.08. The molecule has 0 saturated heterocycles. The molecule has 5 nitrogen and oxygen atoms in total. The number of benzene rings is 1. The highest BCUT2D eigenvalue weighted by Gasteiger charge is 2.14. The average molecular weight is 316 g/mol. The number of rotatable bonds is 4. The Labute approximate surface area is 107 Å². The lowest BCUT2D eigenvalue weighted by Gasteiger charge is -2.04. The van der Waals surface area contributed by atoms with Gasteiger partial charge >= 0.3 is 0 Å². The molecule has 0 aliphatic rings. The van der Waals surface area contributed by atoms with Gasteiger partial charge in [0.2, 0.25) is 10.0 Å². The summed E-state index contributed by atoms with van der Waals surface area (Å²) in [5.74, 6) is 0. The fourth-order valence-electron chi connectivity index (χ4n) is 1.29. The number of aromatic amines is 1. The van der Waals surface area contributed by atoms with E-state index in [1.54, 1.807) is 0 Å². The maximum Gasteiger partial charge on any atom is 0.243 e. The van der Waals surface area contributed by atoms with Gasteiger partial charge < -0.3 is 0 Å². The summed E-state index contributed by atoms with van der Waals surface area (Å²) >= 11 is 3.33. The summed E-state index contributed by atoms with van der Waals surface area (Å²) in [6.45, 7) is 0.243. The Kier molecular flexibility index (Phi) is 3.60. The van der Waals surface area contributed by atoms with Crippen LogP contribution in [0.5, 0.6) is 0 Å². The van der Waals surface area contributed by atoms with Crippen molar-refractivity contribution in [3.05, 3.63) is 46.7 Å². The van der Waals surface area contributed by atoms with Crippen molar-refractivity contribution < 1.29 is 8.42 Å². The van der Waals surface area contributed by atoms with Crippen molar-refractivity contribution in [1.29, 1.82) is 0 Å². The molecule has 7 heteroatoms. The lowest BCUT2D eigenvalue weighted by molar-refractivity contribution is 0.581. The molecule has 1 aromatic heterocycles. The molecule has 1 heterocycles. The van der Waals surface area contributed by atoms with Crippen LogP contribution in [-0.2, 0) is 16.6 Å². The third kappa shape index (κ3) is 3.15. The van der Waals surface area contributed by atoms with Crippen LogP contribution in [0.2, 0.25) is 0 Å². The second-order valence-corrected chi connectivity index (χ2v) is 6.07. The average Bonchev–Trinajstić information content (AvgIpc) is 2.81. The monoisotopic (exact) mass is 315 g/mol. The minimum atomic E-state index is -3.49. The van der Waals surface area contributed by atoms with Crippen LogP contribution in [0.3, 0.4) is 0 Å². The van der Waals surface area contributed by atoms with Gasteiger partial charge in [0, 0.05) is 17.2 Å². The van der Waals surface area contributed by atoms with Gasteiger partial charge in [0.1, 0.15) is 4.90 Å². The minimum absolute atomic E-state index is 0.132. The maximum atomic E-state index is 11.8. The van der Waals surface area contributed by atoms with E-state index in [-0.39, 0.29) is 11.4 Å². The molecule has 0 atom stereocenters. The van der Waals surface area contributed by atoms with Crippen LogP contribution in [0.1, 0.15) is 5.56 Å². The number of aromatic nitrogens is 2. The van der Waals surface area contributed by atoms with E-state index in [0.717, 1.165) is 10.0 Å². The molecule has 0 radical (unpaired) electrons. The van der Waals surface area contributed by atoms with Crippen molar-refractivity contribution >= 4 is 26.0 Å². The minimum Gasteiger partial charge on any atom is -0.284 e. The summed E-state index contributed by atoms with van der Waals surface area (Å²) in [4.78, 5) is 0.132. The van der Waals surface area contributed by atoms with Crippen molar-refractivity contribution in [1.82, 2.24) is 14.9 Å². The third-order valence-electron chi connectivity index (χ3n) is 2.14. The van der Waals surface area contributed by atoms with Crippen LogP contribution >= 0.6 is 15.9 Å². The Bertz CT molecular complexity index is 596. The van der Waals surface area contributed by atoms with Gasteiger partial charge in [-0.15, -0.1) is 0 Å². The van der Waals surface area contributed by atoms with Crippen LogP contribution in [0, 0.1) is 0 Å². The summed E-state index contributed by atoms with van der Waals surface area (Å²) in [6.07, 6.45) is 2.60. The van der Waals surface area contributed by atoms with Gasteiger partial charge in [-0.25, -0.2) is 13.1 Å². The zero-order valence-corrected chi connectivity index (χ0v) is 11.1. The number of nitrogens with zero attached hydrogens (tertiary/aromatic N) is 1. The summed E-state index contributed by atoms with van der Waals surface area (Å²) in [7, 11) is -3.49. The second-order valence-electron chi connectivity index (χ2n) is 3.39. The van der Waals surface area contributed by atoms with Crippen molar-refractivity contribution in [3.8, 4) is 0 Å². The fourth-order valence-corrected chi connectivity index (χ4v) is 2.66. The molecule has 0 fully saturated rings. The Hall–Kier alpha value is -1.18. The predicted molar refractivity (Wildman–Crippen MR) is 66.8 cm³/mol. The quantitative estimate of drug-likeness (QED) is 0.901. The molecule has 2 aromatic rings. The van der Waals surface area contributed by atoms with E-state index in [9.17, 15) is 8.42 Å². The van der Waals surface area contributed by atoms with Crippen LogP contribution < -0.4 is 4.72 Å². The van der Waals surface area contributed by atoms with E-state index in [1.807, 2.05) is 24.3 Å². The van der Waals surface area contributed by atoms with E-state index in [2.05, 4.69) is 30.8 Å². The highest BCUT2D eigenvalue weighted by Crippen LogP contribution is 2.12. The molecule has 0 spiro atoms. The number of nitrogens with one attached hydrogen (secondary N) is 2. The lowest BCUT2D eigenvalue weighted by Crippen LogP contribution is -2.22. The highest BCUT2D eigenvalue weighted by molar-refractivity contribution is 9.10. The number of hydrogen-bond acceptors (Lipinski definition) is 3. The van der Waals surface area contributed by atoms with Crippen molar-refractivity contribution in [2.75, 3.05) is 0 Å². The molecular formula is C10H10BrN3O2S. The first-order valence-electron chi connectivity index (χ1n) is 4.81. The van der Waals surface area contributed by atoms with Crippen LogP contribution in [-0.4, -0.2) is 18.6 Å². The zero-order valence-electron chi connectivity index (χ0n) is 8.72. The van der Waals surface area contributed by atoms with Crippen LogP contribution in [0.4, 0.5) is 0 Å². The van der Waals surface area contributed by atoms with Gasteiger partial charge in [0.05, 0.1) is 6.20 Å². The van der Waals surface area contributed by atoms with Gasteiger partial charge in [0.15, 0.2) is 0 Å². The molecule has 0 unspecified atom stereocenters. The van der Waals surface area contributed by atoms with Crippen LogP contribution in [0.15, 0.2) is 46.0 Å². The van der Waals surface area contributed by atoms with Gasteiger partial charge in [-0.2, -0.15) is 5.10 Å². The molecule has 17 heavy (non-hydrogen) atoms. The molecule has 2 rings (SSSR count). The Morgan fingerprint density at radius 1 is 1.41 bits per heavy atom. The molecule has 0 bridgehead atoms. The molecule has 90 valence electrons. The summed E-state index contributed by atoms with van der Waals surface area (Å²) in [5.41, 5.74) is 0.881. The second kappa shape index (κ2) is 4.99. The van der Waals surface area contributed by atoms with Gasteiger partial charge in [-0.1, -0.05) is 28.1 Å². The molecule has 0 aliphatic carbocycles. The normalized spacial score (nSPS) is 11.6. The van der Waals surface area contributed by atoms with Crippen LogP contribution in [0.25, 0.3) is 0 Å². The number of sulfonamides is 1. The lowest BCUT2D eigenvalue weighted by atomic mass is 10.2. The van der Waals surface area contributed by atoms with E-state index >= 15 is 0 Å². The summed E-state index contributed by atoms with van der Waals surface area (Å²) in [6, 6.07) is 7.44. The third-order valence-corrected chi connectivity index (χ3v) is 4.00. The maximum absolute atomic E-state index is 11.8. The smallest absolute Gasteiger partial charge is 0.243 e. The number of halogens is 1. The largest absolute Gasteiger partial charge is 0.284 e. The standard InChI is InChI=1S/C10H10BrN3O2S/c11-9-3-1-2-8(4-9)5-14-17(15,16)10-6-12-13-7-10/h1-4,6-7,14H,5H2,(H,12,13). The van der Waals surface area contributed by atoms with E-state index in [1.165, 1.54) is 12.4 Å². The van der Waals surface area contributed by atoms with Crippen molar-refractivity contribution in [3.63, 3.8) is 0 Å². The Morgan fingerprint density at radius 3 is 2.88 bits per heavy atom. The molecule has 1 aromatic carbocycles. The van der Waals surface area contributed by atoms with E-state index in [4.69, 9.17) is 0 Å². The molecular weight excluding hydrogens is 306 g/mol. The predicted octanol–water partition coefficient (Wildman–Crippen LogP) is 1.65. The van der Waals surface area contributed by atoms with Crippen molar-refractivity contribution in [2.24, 2.45) is 0 Å². The Morgan fingerprint density at radius 2 is 2.24 bits per heavy atom. The number of hydrogen-bond donors (Lipinski definition) is 2. The fraction of sp³-hybridized carbons (Fsp3) is 0.100. The molecule has 2 N–H and O–H groups in total. The zero-order chi connectivity index (χ0) is 12.3. The molecule has 0 saturated carbocycles. The number of H-pyrrole nitrogens is 1. The van der Waals surface area contributed by atoms with Gasteiger partial charge in [-0.3, -0.25) is 5.10 Å². The molecule has 0 aliphatic heterocycles. The van der Waals surface area contributed by atoms with Gasteiger partial charge in [0.25, 0.3) is 0 Å². The first kappa shape index (κ1) is 12.3. The van der Waals surface area contributed by atoms with E-state index in [0.29, 0.717) is 0 Å². The van der Waals surface area contributed by atoms with Gasteiger partial charge in [-0.05, 0) is 17.7 Å². The molecule has 0 amide bonds. The van der Waals surface area contributed by atoms with E-state index < -0.39 is 10.0 Å². The topological polar surface area (TPSA) is 74.8 Å². The summed E-state index contributed by atoms with van der Waals surface area (Å²) < 4.78 is 26.9. The summed E-state index contributed by atoms with van der Waals surface area (Å²) in [5, 5.41) is 6.07. The first-order valence-corrected chi connectivity index (χ1v) is 7.08.